The number of thioether (sulfide) groups is 1. The number of aromatic nitrogens is 3. The number of hydrogen-bond donors (Lipinski definition) is 0. The zero-order chi connectivity index (χ0) is 13.8. The zero-order valence-electron chi connectivity index (χ0n) is 11.0. The van der Waals surface area contributed by atoms with Gasteiger partial charge in [-0.2, -0.15) is 0 Å². The monoisotopic (exact) mass is 281 g/mol. The molecule has 0 radical (unpaired) electrons. The fourth-order valence-electron chi connectivity index (χ4n) is 1.60. The lowest BCUT2D eigenvalue weighted by Crippen LogP contribution is -2.08. The summed E-state index contributed by atoms with van der Waals surface area (Å²) in [5.74, 6) is 1.24. The third-order valence-electron chi connectivity index (χ3n) is 2.47. The molecule has 0 aliphatic heterocycles. The highest BCUT2D eigenvalue weighted by atomic mass is 32.2. The molecule has 0 atom stereocenters. The predicted octanol–water partition coefficient (Wildman–Crippen LogP) is 2.38. The second-order valence-corrected chi connectivity index (χ2v) is 5.05. The maximum atomic E-state index is 11.2. The Morgan fingerprint density at radius 1 is 1.53 bits per heavy atom. The molecule has 0 N–H and O–H groups in total. The Labute approximate surface area is 115 Å². The second kappa shape index (κ2) is 5.92. The molecule has 0 saturated heterocycles. The molecule has 2 rings (SSSR count). The van der Waals surface area contributed by atoms with E-state index in [0.717, 1.165) is 0 Å². The summed E-state index contributed by atoms with van der Waals surface area (Å²) in [6, 6.07) is 3.79. The minimum atomic E-state index is -0.289. The van der Waals surface area contributed by atoms with E-state index in [2.05, 4.69) is 14.9 Å². The van der Waals surface area contributed by atoms with Crippen molar-refractivity contribution in [3.05, 3.63) is 18.4 Å². The fraction of sp³-hybridized carbons (Fsp3) is 0.417. The molecule has 0 aromatic carbocycles. The Balaban J connectivity index is 2.27. The van der Waals surface area contributed by atoms with Gasteiger partial charge in [-0.05, 0) is 26.0 Å². The maximum absolute atomic E-state index is 11.2. The van der Waals surface area contributed by atoms with Crippen molar-refractivity contribution in [2.24, 2.45) is 0 Å². The molecule has 0 aliphatic carbocycles. The zero-order valence-corrected chi connectivity index (χ0v) is 11.8. The van der Waals surface area contributed by atoms with E-state index in [0.29, 0.717) is 16.7 Å². The first kappa shape index (κ1) is 13.7. The van der Waals surface area contributed by atoms with E-state index in [1.807, 2.05) is 24.5 Å². The topological polar surface area (TPSA) is 70.2 Å². The molecule has 0 bridgehead atoms. The molecule has 0 unspecified atom stereocenters. The van der Waals surface area contributed by atoms with Gasteiger partial charge < -0.3 is 9.15 Å². The second-order valence-electron chi connectivity index (χ2n) is 4.11. The molecule has 2 heterocycles. The van der Waals surface area contributed by atoms with Crippen molar-refractivity contribution in [1.29, 1.82) is 0 Å². The van der Waals surface area contributed by atoms with E-state index < -0.39 is 0 Å². The Morgan fingerprint density at radius 2 is 2.32 bits per heavy atom. The van der Waals surface area contributed by atoms with Crippen molar-refractivity contribution in [2.45, 2.75) is 25.0 Å². The lowest BCUT2D eigenvalue weighted by atomic mass is 10.3. The molecular formula is C12H15N3O3S. The molecule has 19 heavy (non-hydrogen) atoms. The summed E-state index contributed by atoms with van der Waals surface area (Å²) in [6.07, 6.45) is 1.59. The first-order chi connectivity index (χ1) is 9.13. The van der Waals surface area contributed by atoms with Gasteiger partial charge in [0.1, 0.15) is 0 Å². The van der Waals surface area contributed by atoms with Gasteiger partial charge in [-0.15, -0.1) is 10.2 Å². The minimum Gasteiger partial charge on any atom is -0.468 e. The van der Waals surface area contributed by atoms with Crippen molar-refractivity contribution >= 4 is 17.7 Å². The third-order valence-corrected chi connectivity index (χ3v) is 3.39. The van der Waals surface area contributed by atoms with Gasteiger partial charge in [0.15, 0.2) is 10.9 Å². The van der Waals surface area contributed by atoms with Crippen LogP contribution in [0.25, 0.3) is 11.6 Å². The number of furan rings is 1. The van der Waals surface area contributed by atoms with Crippen LogP contribution in [0.4, 0.5) is 0 Å². The molecule has 0 spiro atoms. The van der Waals surface area contributed by atoms with Crippen molar-refractivity contribution in [2.75, 3.05) is 12.9 Å². The minimum absolute atomic E-state index is 0.162. The molecule has 0 amide bonds. The lowest BCUT2D eigenvalue weighted by molar-refractivity contribution is -0.137. The summed E-state index contributed by atoms with van der Waals surface area (Å²) in [7, 11) is 1.37. The van der Waals surface area contributed by atoms with Crippen LogP contribution in [0.1, 0.15) is 19.9 Å². The van der Waals surface area contributed by atoms with Crippen LogP contribution in [0, 0.1) is 0 Å². The average molecular weight is 281 g/mol. The molecular weight excluding hydrogens is 266 g/mol. The molecule has 7 heteroatoms. The van der Waals surface area contributed by atoms with Gasteiger partial charge in [-0.1, -0.05) is 11.8 Å². The Bertz CT molecular complexity index is 549. The largest absolute Gasteiger partial charge is 0.468 e. The SMILES string of the molecule is COC(=O)CSc1nnc(-c2ccco2)n1C(C)C. The summed E-state index contributed by atoms with van der Waals surface area (Å²) in [5, 5.41) is 8.91. The quantitative estimate of drug-likeness (QED) is 0.619. The van der Waals surface area contributed by atoms with Crippen LogP contribution in [0.5, 0.6) is 0 Å². The number of methoxy groups -OCH3 is 1. The van der Waals surface area contributed by atoms with Gasteiger partial charge >= 0.3 is 5.97 Å². The summed E-state index contributed by atoms with van der Waals surface area (Å²) in [6.45, 7) is 4.05. The van der Waals surface area contributed by atoms with Crippen LogP contribution in [-0.2, 0) is 9.53 Å². The number of hydrogen-bond acceptors (Lipinski definition) is 6. The van der Waals surface area contributed by atoms with Crippen molar-refractivity contribution in [3.63, 3.8) is 0 Å². The van der Waals surface area contributed by atoms with E-state index >= 15 is 0 Å². The maximum Gasteiger partial charge on any atom is 0.316 e. The van der Waals surface area contributed by atoms with Crippen LogP contribution >= 0.6 is 11.8 Å². The molecule has 6 nitrogen and oxygen atoms in total. The number of ether oxygens (including phenoxy) is 1. The van der Waals surface area contributed by atoms with E-state index in [9.17, 15) is 4.79 Å². The van der Waals surface area contributed by atoms with E-state index in [1.54, 1.807) is 12.3 Å². The highest BCUT2D eigenvalue weighted by Gasteiger charge is 2.19. The number of nitrogens with zero attached hydrogens (tertiary/aromatic N) is 3. The standard InChI is InChI=1S/C12H15N3O3S/c1-8(2)15-11(9-5-4-6-18-9)13-14-12(15)19-7-10(16)17-3/h4-6,8H,7H2,1-3H3. The fourth-order valence-corrected chi connectivity index (χ4v) is 2.50. The van der Waals surface area contributed by atoms with Crippen LogP contribution < -0.4 is 0 Å². The number of carbonyl (C=O) groups excluding carboxylic acids is 1. The van der Waals surface area contributed by atoms with Crippen LogP contribution in [0.2, 0.25) is 0 Å². The smallest absolute Gasteiger partial charge is 0.316 e. The van der Waals surface area contributed by atoms with Gasteiger partial charge in [0.05, 0.1) is 19.1 Å². The molecule has 0 aliphatic rings. The Kier molecular flexibility index (Phi) is 4.26. The van der Waals surface area contributed by atoms with Crippen LogP contribution in [0.3, 0.4) is 0 Å². The highest BCUT2D eigenvalue weighted by molar-refractivity contribution is 7.99. The normalized spacial score (nSPS) is 10.9. The average Bonchev–Trinajstić information content (AvgIpc) is 3.03. The van der Waals surface area contributed by atoms with Crippen molar-refractivity contribution in [1.82, 2.24) is 14.8 Å². The first-order valence-corrected chi connectivity index (χ1v) is 6.80. The van der Waals surface area contributed by atoms with Crippen molar-refractivity contribution in [3.8, 4) is 11.6 Å². The number of rotatable bonds is 5. The number of esters is 1. The van der Waals surface area contributed by atoms with Gasteiger partial charge in [0.25, 0.3) is 0 Å². The molecule has 2 aromatic heterocycles. The third kappa shape index (κ3) is 2.98. The van der Waals surface area contributed by atoms with E-state index in [1.165, 1.54) is 18.9 Å². The molecule has 0 fully saturated rings. The number of carbonyl (C=O) groups is 1. The van der Waals surface area contributed by atoms with E-state index in [4.69, 9.17) is 4.42 Å². The van der Waals surface area contributed by atoms with Crippen LogP contribution in [-0.4, -0.2) is 33.6 Å². The molecule has 102 valence electrons. The Hall–Kier alpha value is -1.76. The van der Waals surface area contributed by atoms with Gasteiger partial charge in [0.2, 0.25) is 5.82 Å². The lowest BCUT2D eigenvalue weighted by Gasteiger charge is -2.12. The summed E-state index contributed by atoms with van der Waals surface area (Å²) >= 11 is 1.30. The first-order valence-electron chi connectivity index (χ1n) is 5.82. The summed E-state index contributed by atoms with van der Waals surface area (Å²) < 4.78 is 11.9. The van der Waals surface area contributed by atoms with Gasteiger partial charge in [-0.25, -0.2) is 0 Å². The Morgan fingerprint density at radius 3 is 2.89 bits per heavy atom. The molecule has 2 aromatic rings. The van der Waals surface area contributed by atoms with Gasteiger partial charge in [-0.3, -0.25) is 9.36 Å². The summed E-state index contributed by atoms with van der Waals surface area (Å²) in [5.41, 5.74) is 0. The highest BCUT2D eigenvalue weighted by Crippen LogP contribution is 2.27. The molecule has 0 saturated carbocycles. The van der Waals surface area contributed by atoms with Crippen molar-refractivity contribution < 1.29 is 13.9 Å². The van der Waals surface area contributed by atoms with Crippen LogP contribution in [0.15, 0.2) is 28.0 Å². The van der Waals surface area contributed by atoms with Gasteiger partial charge in [0, 0.05) is 6.04 Å². The predicted molar refractivity (Wildman–Crippen MR) is 70.8 cm³/mol. The van der Waals surface area contributed by atoms with E-state index in [-0.39, 0.29) is 17.8 Å². The summed E-state index contributed by atoms with van der Waals surface area (Å²) in [4.78, 5) is 11.2.